The molecule has 0 amide bonds. The van der Waals surface area contributed by atoms with Crippen LogP contribution in [0.25, 0.3) is 10.8 Å². The molecule has 0 fully saturated rings. The summed E-state index contributed by atoms with van der Waals surface area (Å²) in [5.41, 5.74) is -2.32. The highest BCUT2D eigenvalue weighted by molar-refractivity contribution is 6.46. The summed E-state index contributed by atoms with van der Waals surface area (Å²) in [4.78, 5) is 11.1. The Kier molecular flexibility index (Phi) is 3.36. The third kappa shape index (κ3) is 2.24. The predicted octanol–water partition coefficient (Wildman–Crippen LogP) is 4.86. The van der Waals surface area contributed by atoms with Gasteiger partial charge in [0.1, 0.15) is 0 Å². The van der Waals surface area contributed by atoms with Crippen molar-refractivity contribution in [1.82, 2.24) is 0 Å². The third-order valence-electron chi connectivity index (χ3n) is 2.59. The van der Waals surface area contributed by atoms with Crippen molar-refractivity contribution < 1.29 is 23.1 Å². The molecule has 2 aromatic carbocycles. The van der Waals surface area contributed by atoms with E-state index in [0.717, 1.165) is 0 Å². The zero-order valence-electron chi connectivity index (χ0n) is 9.05. The SMILES string of the molecule is O=C(O)c1c(C(F)(F)F)c(Cl)c(Cl)c2ccccc12. The van der Waals surface area contributed by atoms with Gasteiger partial charge in [0.2, 0.25) is 0 Å². The molecule has 0 atom stereocenters. The van der Waals surface area contributed by atoms with Gasteiger partial charge >= 0.3 is 12.1 Å². The maximum atomic E-state index is 13.0. The number of alkyl halides is 3. The molecule has 2 aromatic rings. The number of rotatable bonds is 1. The molecular weight excluding hydrogens is 304 g/mol. The molecule has 0 bridgehead atoms. The highest BCUT2D eigenvalue weighted by Gasteiger charge is 2.40. The predicted molar refractivity (Wildman–Crippen MR) is 65.9 cm³/mol. The zero-order valence-corrected chi connectivity index (χ0v) is 10.6. The third-order valence-corrected chi connectivity index (χ3v) is 3.46. The molecule has 19 heavy (non-hydrogen) atoms. The molecule has 2 rings (SSSR count). The second kappa shape index (κ2) is 4.58. The van der Waals surface area contributed by atoms with Gasteiger partial charge in [-0.2, -0.15) is 13.2 Å². The summed E-state index contributed by atoms with van der Waals surface area (Å²) in [6.45, 7) is 0. The second-order valence-corrected chi connectivity index (χ2v) is 4.48. The second-order valence-electron chi connectivity index (χ2n) is 3.73. The average Bonchev–Trinajstić information content (AvgIpc) is 2.31. The first kappa shape index (κ1) is 14.0. The Labute approximate surface area is 115 Å². The molecule has 0 spiro atoms. The summed E-state index contributed by atoms with van der Waals surface area (Å²) in [6.07, 6.45) is -4.90. The van der Waals surface area contributed by atoms with Crippen LogP contribution < -0.4 is 0 Å². The smallest absolute Gasteiger partial charge is 0.418 e. The van der Waals surface area contributed by atoms with Crippen molar-refractivity contribution in [3.05, 3.63) is 45.4 Å². The van der Waals surface area contributed by atoms with Crippen molar-refractivity contribution in [3.63, 3.8) is 0 Å². The van der Waals surface area contributed by atoms with Crippen molar-refractivity contribution in [2.24, 2.45) is 0 Å². The number of benzene rings is 2. The number of fused-ring (bicyclic) bond motifs is 1. The Balaban J connectivity index is 3.07. The summed E-state index contributed by atoms with van der Waals surface area (Å²) < 4.78 is 38.9. The number of carboxylic acid groups (broad SMARTS) is 1. The van der Waals surface area contributed by atoms with Crippen LogP contribution in [0.1, 0.15) is 15.9 Å². The first-order valence-corrected chi connectivity index (χ1v) is 5.71. The molecule has 0 aromatic heterocycles. The van der Waals surface area contributed by atoms with E-state index < -0.39 is 28.3 Å². The molecule has 0 heterocycles. The molecule has 0 aliphatic heterocycles. The zero-order chi connectivity index (χ0) is 14.4. The van der Waals surface area contributed by atoms with Crippen molar-refractivity contribution >= 4 is 39.9 Å². The van der Waals surface area contributed by atoms with Crippen LogP contribution in [0.4, 0.5) is 13.2 Å². The van der Waals surface area contributed by atoms with Crippen LogP contribution in [0.15, 0.2) is 24.3 Å². The number of halogens is 5. The van der Waals surface area contributed by atoms with Gasteiger partial charge in [-0.3, -0.25) is 0 Å². The number of carboxylic acids is 1. The van der Waals surface area contributed by atoms with Crippen LogP contribution in [-0.2, 0) is 6.18 Å². The standard InChI is InChI=1S/C12H5Cl2F3O2/c13-9-6-4-2-1-3-5(6)7(11(18)19)8(10(9)14)12(15,16)17/h1-4H,(H,18,19). The van der Waals surface area contributed by atoms with E-state index in [1.54, 1.807) is 0 Å². The van der Waals surface area contributed by atoms with Gasteiger partial charge < -0.3 is 5.11 Å². The molecule has 0 saturated heterocycles. The Morgan fingerprint density at radius 1 is 1.05 bits per heavy atom. The molecule has 2 nitrogen and oxygen atoms in total. The van der Waals surface area contributed by atoms with Crippen LogP contribution in [0.5, 0.6) is 0 Å². The molecule has 100 valence electrons. The summed E-state index contributed by atoms with van der Waals surface area (Å²) in [7, 11) is 0. The van der Waals surface area contributed by atoms with Crippen LogP contribution >= 0.6 is 23.2 Å². The Morgan fingerprint density at radius 3 is 2.05 bits per heavy atom. The Bertz CT molecular complexity index is 681. The van der Waals surface area contributed by atoms with Gasteiger partial charge in [0.25, 0.3) is 0 Å². The molecule has 1 N–H and O–H groups in total. The monoisotopic (exact) mass is 308 g/mol. The summed E-state index contributed by atoms with van der Waals surface area (Å²) in [5.74, 6) is -1.71. The van der Waals surface area contributed by atoms with E-state index in [-0.39, 0.29) is 15.8 Å². The lowest BCUT2D eigenvalue weighted by Crippen LogP contribution is -2.14. The molecule has 0 aliphatic carbocycles. The molecule has 0 unspecified atom stereocenters. The summed E-state index contributed by atoms with van der Waals surface area (Å²) >= 11 is 11.4. The van der Waals surface area contributed by atoms with E-state index in [4.69, 9.17) is 28.3 Å². The van der Waals surface area contributed by atoms with Crippen molar-refractivity contribution in [2.75, 3.05) is 0 Å². The van der Waals surface area contributed by atoms with Crippen molar-refractivity contribution in [3.8, 4) is 0 Å². The number of aromatic carboxylic acids is 1. The fraction of sp³-hybridized carbons (Fsp3) is 0.0833. The van der Waals surface area contributed by atoms with E-state index in [9.17, 15) is 18.0 Å². The first-order valence-electron chi connectivity index (χ1n) is 4.95. The summed E-state index contributed by atoms with van der Waals surface area (Å²) in [6, 6.07) is 5.63. The topological polar surface area (TPSA) is 37.3 Å². The molecule has 7 heteroatoms. The van der Waals surface area contributed by atoms with Crippen LogP contribution in [-0.4, -0.2) is 11.1 Å². The van der Waals surface area contributed by atoms with Crippen LogP contribution in [0.3, 0.4) is 0 Å². The lowest BCUT2D eigenvalue weighted by atomic mass is 9.98. The van der Waals surface area contributed by atoms with Gasteiger partial charge in [-0.25, -0.2) is 4.79 Å². The van der Waals surface area contributed by atoms with Crippen molar-refractivity contribution in [2.45, 2.75) is 6.18 Å². The number of hydrogen-bond donors (Lipinski definition) is 1. The average molecular weight is 309 g/mol. The van der Waals surface area contributed by atoms with E-state index in [2.05, 4.69) is 0 Å². The van der Waals surface area contributed by atoms with Crippen molar-refractivity contribution in [1.29, 1.82) is 0 Å². The minimum absolute atomic E-state index is 0.100. The number of carbonyl (C=O) groups is 1. The van der Waals surface area contributed by atoms with Gasteiger partial charge in [0, 0.05) is 5.39 Å². The maximum absolute atomic E-state index is 13.0. The van der Waals surface area contributed by atoms with Gasteiger partial charge in [-0.1, -0.05) is 47.5 Å². The lowest BCUT2D eigenvalue weighted by Gasteiger charge is -2.16. The quantitative estimate of drug-likeness (QED) is 0.816. The van der Waals surface area contributed by atoms with E-state index in [0.29, 0.717) is 0 Å². The van der Waals surface area contributed by atoms with Gasteiger partial charge in [-0.05, 0) is 5.39 Å². The largest absolute Gasteiger partial charge is 0.478 e. The minimum Gasteiger partial charge on any atom is -0.478 e. The number of hydrogen-bond acceptors (Lipinski definition) is 1. The van der Waals surface area contributed by atoms with Gasteiger partial charge in [0.15, 0.2) is 0 Å². The van der Waals surface area contributed by atoms with Gasteiger partial charge in [0.05, 0.1) is 21.2 Å². The Hall–Kier alpha value is -1.46. The lowest BCUT2D eigenvalue weighted by molar-refractivity contribution is -0.137. The first-order chi connectivity index (χ1) is 8.75. The highest BCUT2D eigenvalue weighted by Crippen LogP contribution is 2.45. The molecular formula is C12H5Cl2F3O2. The maximum Gasteiger partial charge on any atom is 0.418 e. The fourth-order valence-corrected chi connectivity index (χ4v) is 2.42. The highest BCUT2D eigenvalue weighted by atomic mass is 35.5. The van der Waals surface area contributed by atoms with Gasteiger partial charge in [-0.15, -0.1) is 0 Å². The van der Waals surface area contributed by atoms with E-state index in [1.807, 2.05) is 0 Å². The fourth-order valence-electron chi connectivity index (χ4n) is 1.85. The van der Waals surface area contributed by atoms with Crippen LogP contribution in [0.2, 0.25) is 10.0 Å². The molecule has 0 radical (unpaired) electrons. The molecule has 0 aliphatic rings. The molecule has 0 saturated carbocycles. The van der Waals surface area contributed by atoms with Crippen LogP contribution in [0, 0.1) is 0 Å². The Morgan fingerprint density at radius 2 is 1.58 bits per heavy atom. The normalized spacial score (nSPS) is 11.8. The van der Waals surface area contributed by atoms with E-state index in [1.165, 1.54) is 24.3 Å². The van der Waals surface area contributed by atoms with E-state index >= 15 is 0 Å². The minimum atomic E-state index is -4.90. The summed E-state index contributed by atoms with van der Waals surface area (Å²) in [5, 5.41) is 8.00.